The molecule has 0 saturated heterocycles. The zero-order valence-corrected chi connectivity index (χ0v) is 19.2. The number of rotatable bonds is 5. The lowest BCUT2D eigenvalue weighted by Gasteiger charge is -2.20. The second-order valence-electron chi connectivity index (χ2n) is 8.55. The lowest BCUT2D eigenvalue weighted by molar-refractivity contribution is 0.0937. The Kier molecular flexibility index (Phi) is 5.76. The van der Waals surface area contributed by atoms with Gasteiger partial charge in [-0.3, -0.25) is 4.79 Å². The van der Waals surface area contributed by atoms with Gasteiger partial charge in [-0.15, -0.1) is 0 Å². The number of carbonyl (C=O) groups is 1. The molecule has 0 radical (unpaired) electrons. The molecule has 5 nitrogen and oxygen atoms in total. The first-order chi connectivity index (χ1) is 16.5. The minimum Gasteiger partial charge on any atom is -0.505 e. The molecule has 1 unspecified atom stereocenters. The Morgan fingerprint density at radius 1 is 1.06 bits per heavy atom. The number of aromatic hydroxyl groups is 1. The summed E-state index contributed by atoms with van der Waals surface area (Å²) in [6, 6.07) is 18.5. The SMILES string of the molecule is Cc1cc(C(NC(=O)c2c(O)c(C3=CCCC=C3)nc3ccccc23)c2ccccc2)oc1C. The summed E-state index contributed by atoms with van der Waals surface area (Å²) < 4.78 is 6.00. The lowest BCUT2D eigenvalue weighted by Crippen LogP contribution is -2.29. The summed E-state index contributed by atoms with van der Waals surface area (Å²) in [6.45, 7) is 3.88. The summed E-state index contributed by atoms with van der Waals surface area (Å²) in [5.41, 5.74) is 4.00. The van der Waals surface area contributed by atoms with Crippen LogP contribution in [0.1, 0.15) is 57.6 Å². The third-order valence-corrected chi connectivity index (χ3v) is 6.24. The van der Waals surface area contributed by atoms with Crippen LogP contribution in [-0.2, 0) is 0 Å². The highest BCUT2D eigenvalue weighted by Crippen LogP contribution is 2.35. The van der Waals surface area contributed by atoms with Gasteiger partial charge in [0.15, 0.2) is 5.75 Å². The maximum atomic E-state index is 13.8. The van der Waals surface area contributed by atoms with Crippen LogP contribution in [0.2, 0.25) is 0 Å². The van der Waals surface area contributed by atoms with Gasteiger partial charge >= 0.3 is 0 Å². The van der Waals surface area contributed by atoms with Gasteiger partial charge in [0.25, 0.3) is 5.91 Å². The first kappa shape index (κ1) is 21.7. The second-order valence-corrected chi connectivity index (χ2v) is 8.55. The van der Waals surface area contributed by atoms with E-state index in [0.29, 0.717) is 22.4 Å². The molecule has 2 heterocycles. The van der Waals surface area contributed by atoms with E-state index in [2.05, 4.69) is 16.4 Å². The van der Waals surface area contributed by atoms with E-state index in [9.17, 15) is 9.90 Å². The number of aromatic nitrogens is 1. The smallest absolute Gasteiger partial charge is 0.256 e. The first-order valence-corrected chi connectivity index (χ1v) is 11.4. The molecule has 1 aliphatic carbocycles. The number of fused-ring (bicyclic) bond motifs is 1. The molecule has 1 atom stereocenters. The molecule has 1 amide bonds. The van der Waals surface area contributed by atoms with E-state index >= 15 is 0 Å². The number of nitrogens with zero attached hydrogens (tertiary/aromatic N) is 1. The fourth-order valence-corrected chi connectivity index (χ4v) is 4.33. The Bertz CT molecular complexity index is 1410. The number of carbonyl (C=O) groups excluding carboxylic acids is 1. The van der Waals surface area contributed by atoms with Crippen LogP contribution in [-0.4, -0.2) is 16.0 Å². The summed E-state index contributed by atoms with van der Waals surface area (Å²) in [5, 5.41) is 15.0. The van der Waals surface area contributed by atoms with Gasteiger partial charge in [0.05, 0.1) is 11.1 Å². The minimum atomic E-state index is -0.510. The van der Waals surface area contributed by atoms with Gasteiger partial charge in [0.2, 0.25) is 0 Å². The molecule has 5 rings (SSSR count). The summed E-state index contributed by atoms with van der Waals surface area (Å²) >= 11 is 0. The van der Waals surface area contributed by atoms with Gasteiger partial charge in [0.1, 0.15) is 23.3 Å². The summed E-state index contributed by atoms with van der Waals surface area (Å²) in [7, 11) is 0. The van der Waals surface area contributed by atoms with Crippen molar-refractivity contribution in [1.82, 2.24) is 10.3 Å². The Morgan fingerprint density at radius 2 is 1.82 bits per heavy atom. The molecule has 2 aromatic heterocycles. The highest BCUT2D eigenvalue weighted by Gasteiger charge is 2.27. The van der Waals surface area contributed by atoms with Crippen molar-refractivity contribution in [1.29, 1.82) is 0 Å². The van der Waals surface area contributed by atoms with Gasteiger partial charge in [0, 0.05) is 5.39 Å². The second kappa shape index (κ2) is 9.02. The van der Waals surface area contributed by atoms with Crippen molar-refractivity contribution < 1.29 is 14.3 Å². The molecule has 1 aliphatic rings. The Morgan fingerprint density at radius 3 is 2.53 bits per heavy atom. The Balaban J connectivity index is 1.62. The summed E-state index contributed by atoms with van der Waals surface area (Å²) in [6.07, 6.45) is 7.86. The normalized spacial score (nSPS) is 14.1. The molecule has 0 bridgehead atoms. The van der Waals surface area contributed by atoms with Crippen LogP contribution in [0, 0.1) is 13.8 Å². The average Bonchev–Trinajstić information content (AvgIpc) is 3.20. The number of hydrogen-bond acceptors (Lipinski definition) is 4. The zero-order chi connectivity index (χ0) is 23.7. The molecule has 34 heavy (non-hydrogen) atoms. The van der Waals surface area contributed by atoms with Crippen LogP contribution in [0.5, 0.6) is 5.75 Å². The summed E-state index contributed by atoms with van der Waals surface area (Å²) in [5.74, 6) is 0.942. The maximum absolute atomic E-state index is 13.8. The molecule has 2 aromatic carbocycles. The van der Waals surface area contributed by atoms with E-state index in [1.807, 2.05) is 86.7 Å². The molecule has 2 N–H and O–H groups in total. The number of hydrogen-bond donors (Lipinski definition) is 2. The topological polar surface area (TPSA) is 75.4 Å². The number of furan rings is 1. The molecule has 5 heteroatoms. The van der Waals surface area contributed by atoms with Gasteiger partial charge in [-0.2, -0.15) is 0 Å². The number of nitrogens with one attached hydrogen (secondary N) is 1. The Hall–Kier alpha value is -4.12. The van der Waals surface area contributed by atoms with Crippen molar-refractivity contribution in [3.63, 3.8) is 0 Å². The van der Waals surface area contributed by atoms with E-state index in [1.165, 1.54) is 0 Å². The molecule has 0 saturated carbocycles. The lowest BCUT2D eigenvalue weighted by atomic mass is 9.97. The predicted molar refractivity (Wildman–Crippen MR) is 134 cm³/mol. The summed E-state index contributed by atoms with van der Waals surface area (Å²) in [4.78, 5) is 18.5. The monoisotopic (exact) mass is 450 g/mol. The third kappa shape index (κ3) is 4.01. The van der Waals surface area contributed by atoms with Crippen LogP contribution in [0.3, 0.4) is 0 Å². The largest absolute Gasteiger partial charge is 0.505 e. The highest BCUT2D eigenvalue weighted by molar-refractivity contribution is 6.10. The molecule has 0 spiro atoms. The van der Waals surface area contributed by atoms with E-state index in [1.54, 1.807) is 0 Å². The number of aryl methyl sites for hydroxylation is 2. The van der Waals surface area contributed by atoms with Crippen LogP contribution in [0.4, 0.5) is 0 Å². The molecule has 170 valence electrons. The van der Waals surface area contributed by atoms with Crippen molar-refractivity contribution >= 4 is 22.4 Å². The number of para-hydroxylation sites is 1. The minimum absolute atomic E-state index is 0.118. The van der Waals surface area contributed by atoms with E-state index in [-0.39, 0.29) is 11.3 Å². The molecule has 4 aromatic rings. The molecule has 0 aliphatic heterocycles. The molecule has 0 fully saturated rings. The average molecular weight is 451 g/mol. The fraction of sp³-hybridized carbons (Fsp3) is 0.172. The highest BCUT2D eigenvalue weighted by atomic mass is 16.3. The van der Waals surface area contributed by atoms with Crippen molar-refractivity contribution in [3.05, 3.63) is 113 Å². The van der Waals surface area contributed by atoms with Crippen molar-refractivity contribution in [2.45, 2.75) is 32.7 Å². The third-order valence-electron chi connectivity index (χ3n) is 6.24. The van der Waals surface area contributed by atoms with E-state index in [0.717, 1.165) is 35.3 Å². The number of amides is 1. The van der Waals surface area contributed by atoms with Crippen LogP contribution >= 0.6 is 0 Å². The zero-order valence-electron chi connectivity index (χ0n) is 19.2. The number of benzene rings is 2. The molecular formula is C29H26N2O3. The van der Waals surface area contributed by atoms with Gasteiger partial charge in [-0.05, 0) is 55.5 Å². The standard InChI is InChI=1S/C29H26N2O3/c1-18-17-24(34-19(18)2)26(20-11-5-3-6-12-20)31-29(33)25-22-15-9-10-16-23(22)30-27(28(25)32)21-13-7-4-8-14-21/h3,5-7,9-17,26,32H,4,8H2,1-2H3,(H,31,33). The predicted octanol–water partition coefficient (Wildman–Crippen LogP) is 6.40. The van der Waals surface area contributed by atoms with E-state index in [4.69, 9.17) is 4.42 Å². The van der Waals surface area contributed by atoms with Crippen molar-refractivity contribution in [2.24, 2.45) is 0 Å². The maximum Gasteiger partial charge on any atom is 0.256 e. The van der Waals surface area contributed by atoms with Crippen molar-refractivity contribution in [3.8, 4) is 5.75 Å². The Labute approximate surface area is 198 Å². The molecular weight excluding hydrogens is 424 g/mol. The van der Waals surface area contributed by atoms with Crippen LogP contribution < -0.4 is 5.32 Å². The van der Waals surface area contributed by atoms with Gasteiger partial charge in [-0.1, -0.05) is 66.8 Å². The van der Waals surface area contributed by atoms with Crippen molar-refractivity contribution in [2.75, 3.05) is 0 Å². The van der Waals surface area contributed by atoms with Crippen LogP contribution in [0.15, 0.2) is 83.3 Å². The number of allylic oxidation sites excluding steroid dienone is 4. The van der Waals surface area contributed by atoms with Gasteiger partial charge < -0.3 is 14.8 Å². The fourth-order valence-electron chi connectivity index (χ4n) is 4.33. The quantitative estimate of drug-likeness (QED) is 0.369. The number of pyridine rings is 1. The first-order valence-electron chi connectivity index (χ1n) is 11.4. The van der Waals surface area contributed by atoms with Crippen LogP contribution in [0.25, 0.3) is 16.5 Å². The van der Waals surface area contributed by atoms with E-state index < -0.39 is 11.9 Å². The van der Waals surface area contributed by atoms with Gasteiger partial charge in [-0.25, -0.2) is 4.98 Å².